The normalized spacial score (nSPS) is 27.6. The number of ketones is 1. The first-order valence-electron chi connectivity index (χ1n) is 5.08. The van der Waals surface area contributed by atoms with Crippen molar-refractivity contribution in [3.63, 3.8) is 0 Å². The predicted octanol–water partition coefficient (Wildman–Crippen LogP) is 1.93. The van der Waals surface area contributed by atoms with Gasteiger partial charge in [0.1, 0.15) is 5.78 Å². The van der Waals surface area contributed by atoms with Crippen LogP contribution in [0.3, 0.4) is 0 Å². The molecule has 2 unspecified atom stereocenters. The van der Waals surface area contributed by atoms with Gasteiger partial charge in [-0.1, -0.05) is 37.3 Å². The van der Waals surface area contributed by atoms with E-state index in [1.165, 1.54) is 5.56 Å². The molecule has 1 aromatic carbocycles. The van der Waals surface area contributed by atoms with Crippen LogP contribution in [0.2, 0.25) is 0 Å². The van der Waals surface area contributed by atoms with E-state index in [0.29, 0.717) is 12.2 Å². The molecule has 1 heterocycles. The van der Waals surface area contributed by atoms with Gasteiger partial charge in [0.25, 0.3) is 0 Å². The third-order valence-corrected chi connectivity index (χ3v) is 2.83. The van der Waals surface area contributed by atoms with Crippen LogP contribution in [0.4, 0.5) is 0 Å². The van der Waals surface area contributed by atoms with Gasteiger partial charge in [0.2, 0.25) is 0 Å². The number of benzene rings is 1. The van der Waals surface area contributed by atoms with Crippen LogP contribution in [0.5, 0.6) is 0 Å². The summed E-state index contributed by atoms with van der Waals surface area (Å²) in [6.45, 7) is 2.79. The molecule has 1 aromatic rings. The van der Waals surface area contributed by atoms with E-state index in [-0.39, 0.29) is 12.0 Å². The number of Topliss-reactive ketones (excluding diaryl/α,β-unsaturated/α-hetero) is 1. The van der Waals surface area contributed by atoms with Gasteiger partial charge in [-0.15, -0.1) is 0 Å². The van der Waals surface area contributed by atoms with Crippen molar-refractivity contribution in [3.8, 4) is 0 Å². The summed E-state index contributed by atoms with van der Waals surface area (Å²) in [5.74, 6) is 0.549. The molecule has 1 fully saturated rings. The van der Waals surface area contributed by atoms with Crippen molar-refractivity contribution < 1.29 is 4.79 Å². The summed E-state index contributed by atoms with van der Waals surface area (Å²) in [6.07, 6.45) is 0.630. The molecule has 0 amide bonds. The van der Waals surface area contributed by atoms with Crippen molar-refractivity contribution in [2.45, 2.75) is 19.4 Å². The molecule has 2 atom stereocenters. The Bertz CT molecular complexity index is 320. The Labute approximate surface area is 84.3 Å². The van der Waals surface area contributed by atoms with Gasteiger partial charge in [-0.05, 0) is 5.56 Å². The van der Waals surface area contributed by atoms with Gasteiger partial charge in [0.05, 0.1) is 0 Å². The molecule has 0 spiro atoms. The smallest absolute Gasteiger partial charge is 0.138 e. The van der Waals surface area contributed by atoms with Gasteiger partial charge in [0, 0.05) is 24.9 Å². The van der Waals surface area contributed by atoms with Crippen molar-refractivity contribution in [3.05, 3.63) is 35.9 Å². The Morgan fingerprint density at radius 1 is 1.29 bits per heavy atom. The maximum absolute atomic E-state index is 11.5. The van der Waals surface area contributed by atoms with Gasteiger partial charge in [-0.2, -0.15) is 0 Å². The number of carbonyl (C=O) groups is 1. The molecular formula is C12H15NO. The number of hydrogen-bond acceptors (Lipinski definition) is 2. The van der Waals surface area contributed by atoms with E-state index in [1.807, 2.05) is 25.1 Å². The Morgan fingerprint density at radius 3 is 2.64 bits per heavy atom. The summed E-state index contributed by atoms with van der Waals surface area (Å²) in [4.78, 5) is 11.5. The largest absolute Gasteiger partial charge is 0.309 e. The highest BCUT2D eigenvalue weighted by atomic mass is 16.1. The van der Waals surface area contributed by atoms with Gasteiger partial charge in [-0.3, -0.25) is 4.79 Å². The fourth-order valence-electron chi connectivity index (χ4n) is 1.83. The third-order valence-electron chi connectivity index (χ3n) is 2.83. The lowest BCUT2D eigenvalue weighted by molar-refractivity contribution is -0.124. The zero-order valence-electron chi connectivity index (χ0n) is 8.36. The minimum atomic E-state index is 0.176. The van der Waals surface area contributed by atoms with Crippen molar-refractivity contribution in [2.75, 3.05) is 6.54 Å². The number of piperidine rings is 1. The first-order valence-corrected chi connectivity index (χ1v) is 5.08. The monoisotopic (exact) mass is 189 g/mol. The molecule has 2 nitrogen and oxygen atoms in total. The van der Waals surface area contributed by atoms with Crippen molar-refractivity contribution >= 4 is 5.78 Å². The molecular weight excluding hydrogens is 174 g/mol. The Balaban J connectivity index is 2.11. The molecule has 2 heteroatoms. The summed E-state index contributed by atoms with van der Waals surface area (Å²) >= 11 is 0. The zero-order valence-corrected chi connectivity index (χ0v) is 8.36. The summed E-state index contributed by atoms with van der Waals surface area (Å²) < 4.78 is 0. The van der Waals surface area contributed by atoms with E-state index in [4.69, 9.17) is 0 Å². The lowest BCUT2D eigenvalue weighted by Gasteiger charge is -2.27. The molecule has 1 saturated heterocycles. The Hall–Kier alpha value is -1.15. The quantitative estimate of drug-likeness (QED) is 0.731. The maximum Gasteiger partial charge on any atom is 0.138 e. The van der Waals surface area contributed by atoms with Gasteiger partial charge < -0.3 is 5.32 Å². The minimum Gasteiger partial charge on any atom is -0.309 e. The number of rotatable bonds is 1. The van der Waals surface area contributed by atoms with Crippen LogP contribution in [0.25, 0.3) is 0 Å². The van der Waals surface area contributed by atoms with Crippen LogP contribution >= 0.6 is 0 Å². The van der Waals surface area contributed by atoms with Crippen LogP contribution in [-0.2, 0) is 4.79 Å². The highest BCUT2D eigenvalue weighted by Gasteiger charge is 2.25. The summed E-state index contributed by atoms with van der Waals surface area (Å²) in [5.41, 5.74) is 1.22. The summed E-state index contributed by atoms with van der Waals surface area (Å²) in [7, 11) is 0. The lowest BCUT2D eigenvalue weighted by atomic mass is 9.91. The van der Waals surface area contributed by atoms with E-state index in [2.05, 4.69) is 17.4 Å². The fourth-order valence-corrected chi connectivity index (χ4v) is 1.83. The molecule has 2 rings (SSSR count). The average molecular weight is 189 g/mol. The second-order valence-corrected chi connectivity index (χ2v) is 3.94. The molecule has 1 aliphatic rings. The summed E-state index contributed by atoms with van der Waals surface area (Å²) in [5, 5.41) is 3.39. The highest BCUT2D eigenvalue weighted by molar-refractivity contribution is 5.82. The van der Waals surface area contributed by atoms with E-state index < -0.39 is 0 Å². The minimum absolute atomic E-state index is 0.176. The average Bonchev–Trinajstić information content (AvgIpc) is 2.23. The third kappa shape index (κ3) is 1.85. The first kappa shape index (κ1) is 9.41. The SMILES string of the molecule is CC1CNC(c2ccccc2)CC1=O. The molecule has 0 aromatic heterocycles. The second kappa shape index (κ2) is 3.93. The Kier molecular flexibility index (Phi) is 2.64. The van der Waals surface area contributed by atoms with E-state index >= 15 is 0 Å². The number of nitrogens with one attached hydrogen (secondary N) is 1. The molecule has 74 valence electrons. The van der Waals surface area contributed by atoms with Crippen molar-refractivity contribution in [1.29, 1.82) is 0 Å². The molecule has 0 radical (unpaired) electrons. The van der Waals surface area contributed by atoms with Crippen molar-refractivity contribution in [1.82, 2.24) is 5.32 Å². The van der Waals surface area contributed by atoms with Crippen LogP contribution in [0, 0.1) is 5.92 Å². The summed E-state index contributed by atoms with van der Waals surface area (Å²) in [6, 6.07) is 10.4. The van der Waals surface area contributed by atoms with Crippen molar-refractivity contribution in [2.24, 2.45) is 5.92 Å². The zero-order chi connectivity index (χ0) is 9.97. The van der Waals surface area contributed by atoms with E-state index in [1.54, 1.807) is 0 Å². The van der Waals surface area contributed by atoms with Crippen LogP contribution in [0.15, 0.2) is 30.3 Å². The topological polar surface area (TPSA) is 29.1 Å². The van der Waals surface area contributed by atoms with Crippen LogP contribution in [-0.4, -0.2) is 12.3 Å². The van der Waals surface area contributed by atoms with Gasteiger partial charge in [0.15, 0.2) is 0 Å². The van der Waals surface area contributed by atoms with E-state index in [0.717, 1.165) is 6.54 Å². The predicted molar refractivity (Wildman–Crippen MR) is 56.0 cm³/mol. The first-order chi connectivity index (χ1) is 6.77. The number of hydrogen-bond donors (Lipinski definition) is 1. The van der Waals surface area contributed by atoms with Gasteiger partial charge >= 0.3 is 0 Å². The van der Waals surface area contributed by atoms with Crippen LogP contribution < -0.4 is 5.32 Å². The molecule has 14 heavy (non-hydrogen) atoms. The highest BCUT2D eigenvalue weighted by Crippen LogP contribution is 2.22. The van der Waals surface area contributed by atoms with E-state index in [9.17, 15) is 4.79 Å². The molecule has 0 saturated carbocycles. The molecule has 1 aliphatic heterocycles. The number of carbonyl (C=O) groups excluding carboxylic acids is 1. The fraction of sp³-hybridized carbons (Fsp3) is 0.417. The second-order valence-electron chi connectivity index (χ2n) is 3.94. The lowest BCUT2D eigenvalue weighted by Crippen LogP contribution is -2.37. The molecule has 0 bridgehead atoms. The van der Waals surface area contributed by atoms with Crippen LogP contribution in [0.1, 0.15) is 24.9 Å². The standard InChI is InChI=1S/C12H15NO/c1-9-8-13-11(7-12(9)14)10-5-3-2-4-6-10/h2-6,9,11,13H,7-8H2,1H3. The maximum atomic E-state index is 11.5. The molecule has 0 aliphatic carbocycles. The van der Waals surface area contributed by atoms with Gasteiger partial charge in [-0.25, -0.2) is 0 Å². The Morgan fingerprint density at radius 2 is 2.00 bits per heavy atom. The molecule has 1 N–H and O–H groups in total.